The number of phenolic OH excluding ortho intramolecular Hbond substituents is 1. The summed E-state index contributed by atoms with van der Waals surface area (Å²) in [5, 5.41) is 21.5. The molecule has 0 unspecified atom stereocenters. The maximum absolute atomic E-state index is 10.8. The molecule has 0 fully saturated rings. The zero-order valence-electron chi connectivity index (χ0n) is 13.4. The van der Waals surface area contributed by atoms with E-state index in [1.807, 2.05) is 0 Å². The number of nitro groups is 1. The molecule has 1 N–H and O–H groups in total. The highest BCUT2D eigenvalue weighted by Gasteiger charge is 2.11. The summed E-state index contributed by atoms with van der Waals surface area (Å²) in [4.78, 5) is 14.8. The van der Waals surface area contributed by atoms with Crippen LogP contribution < -0.4 is 9.47 Å². The monoisotopic (exact) mass is 358 g/mol. The lowest BCUT2D eigenvalue weighted by molar-refractivity contribution is -0.384. The maximum atomic E-state index is 10.8. The average Bonchev–Trinajstić information content (AvgIpc) is 3.02. The number of hydrogen-bond acceptors (Lipinski definition) is 7. The molecule has 0 saturated carbocycles. The van der Waals surface area contributed by atoms with Crippen molar-refractivity contribution in [2.75, 3.05) is 14.2 Å². The summed E-state index contributed by atoms with van der Waals surface area (Å²) in [5.74, 6) is 0.548. The Balaban J connectivity index is 1.94. The van der Waals surface area contributed by atoms with E-state index in [9.17, 15) is 15.2 Å². The van der Waals surface area contributed by atoms with Crippen LogP contribution in [0.15, 0.2) is 30.3 Å². The van der Waals surface area contributed by atoms with Crippen LogP contribution >= 0.6 is 11.3 Å². The molecule has 0 amide bonds. The lowest BCUT2D eigenvalue weighted by Crippen LogP contribution is -1.90. The number of aromatic nitrogens is 1. The predicted octanol–water partition coefficient (Wildman–Crippen LogP) is 4.10. The molecule has 0 saturated heterocycles. The van der Waals surface area contributed by atoms with Gasteiger partial charge in [0.25, 0.3) is 5.69 Å². The summed E-state index contributed by atoms with van der Waals surface area (Å²) < 4.78 is 11.1. The zero-order chi connectivity index (χ0) is 18.0. The second kappa shape index (κ2) is 6.78. The van der Waals surface area contributed by atoms with Crippen molar-refractivity contribution in [3.8, 4) is 17.2 Å². The number of ether oxygens (including phenoxy) is 2. The fourth-order valence-electron chi connectivity index (χ4n) is 2.30. The highest BCUT2D eigenvalue weighted by molar-refractivity contribution is 7.19. The molecular weight excluding hydrogens is 344 g/mol. The lowest BCUT2D eigenvalue weighted by atomic mass is 10.1. The first-order valence-corrected chi connectivity index (χ1v) is 8.01. The first kappa shape index (κ1) is 16.7. The van der Waals surface area contributed by atoms with Crippen LogP contribution in [0.1, 0.15) is 10.6 Å². The van der Waals surface area contributed by atoms with Crippen molar-refractivity contribution in [2.45, 2.75) is 0 Å². The quantitative estimate of drug-likeness (QED) is 0.545. The standard InChI is InChI=1S/C17H14N2O5S/c1-23-13-7-10(8-14(24-2)17(13)20)3-6-16-18-12-9-11(19(21)22)4-5-15(12)25-16/h3-9,20H,1-2H3. The minimum atomic E-state index is -0.441. The number of aromatic hydroxyl groups is 1. The fourth-order valence-corrected chi connectivity index (χ4v) is 3.15. The lowest BCUT2D eigenvalue weighted by Gasteiger charge is -2.09. The van der Waals surface area contributed by atoms with Gasteiger partial charge >= 0.3 is 0 Å². The molecule has 3 rings (SSSR count). The van der Waals surface area contributed by atoms with Crippen LogP contribution in [0, 0.1) is 10.1 Å². The van der Waals surface area contributed by atoms with E-state index in [0.717, 1.165) is 10.3 Å². The Hall–Kier alpha value is -3.13. The maximum Gasteiger partial charge on any atom is 0.271 e. The molecule has 8 heteroatoms. The largest absolute Gasteiger partial charge is 0.502 e. The number of rotatable bonds is 5. The Morgan fingerprint density at radius 1 is 1.16 bits per heavy atom. The zero-order valence-corrected chi connectivity index (χ0v) is 14.2. The molecule has 1 heterocycles. The van der Waals surface area contributed by atoms with Gasteiger partial charge in [0.1, 0.15) is 5.01 Å². The van der Waals surface area contributed by atoms with Crippen molar-refractivity contribution in [2.24, 2.45) is 0 Å². The van der Waals surface area contributed by atoms with Crippen molar-refractivity contribution >= 4 is 39.4 Å². The smallest absolute Gasteiger partial charge is 0.271 e. The van der Waals surface area contributed by atoms with Gasteiger partial charge < -0.3 is 14.6 Å². The number of fused-ring (bicyclic) bond motifs is 1. The first-order chi connectivity index (χ1) is 12.0. The fraction of sp³-hybridized carbons (Fsp3) is 0.118. The molecular formula is C17H14N2O5S. The molecule has 0 aliphatic heterocycles. The second-order valence-corrected chi connectivity index (χ2v) is 6.13. The van der Waals surface area contributed by atoms with Crippen LogP contribution in [0.5, 0.6) is 17.2 Å². The van der Waals surface area contributed by atoms with Gasteiger partial charge in [0.15, 0.2) is 11.5 Å². The summed E-state index contributed by atoms with van der Waals surface area (Å²) >= 11 is 1.43. The Kier molecular flexibility index (Phi) is 4.53. The Labute approximate surface area is 146 Å². The normalized spacial score (nSPS) is 11.1. The number of nitrogens with zero attached hydrogens (tertiary/aromatic N) is 2. The third-order valence-electron chi connectivity index (χ3n) is 3.52. The Bertz CT molecular complexity index is 955. The average molecular weight is 358 g/mol. The second-order valence-electron chi connectivity index (χ2n) is 5.07. The van der Waals surface area contributed by atoms with Crippen molar-refractivity contribution in [3.05, 3.63) is 51.0 Å². The molecule has 0 bridgehead atoms. The highest BCUT2D eigenvalue weighted by Crippen LogP contribution is 2.37. The van der Waals surface area contributed by atoms with E-state index in [1.165, 1.54) is 37.7 Å². The molecule has 7 nitrogen and oxygen atoms in total. The van der Waals surface area contributed by atoms with Gasteiger partial charge in [-0.1, -0.05) is 6.08 Å². The van der Waals surface area contributed by atoms with Crippen LogP contribution in [0.25, 0.3) is 22.4 Å². The van der Waals surface area contributed by atoms with Crippen LogP contribution in [0.3, 0.4) is 0 Å². The molecule has 1 aromatic heterocycles. The van der Waals surface area contributed by atoms with Crippen molar-refractivity contribution < 1.29 is 19.5 Å². The summed E-state index contributed by atoms with van der Waals surface area (Å²) in [6, 6.07) is 7.95. The number of nitro benzene ring substituents is 1. The highest BCUT2D eigenvalue weighted by atomic mass is 32.1. The van der Waals surface area contributed by atoms with Crippen LogP contribution in [-0.4, -0.2) is 29.2 Å². The minimum Gasteiger partial charge on any atom is -0.502 e. The third-order valence-corrected chi connectivity index (χ3v) is 4.52. The van der Waals surface area contributed by atoms with Gasteiger partial charge in [-0.05, 0) is 29.8 Å². The Morgan fingerprint density at radius 3 is 2.44 bits per heavy atom. The van der Waals surface area contributed by atoms with Gasteiger partial charge in [-0.3, -0.25) is 10.1 Å². The number of benzene rings is 2. The summed E-state index contributed by atoms with van der Waals surface area (Å²) in [6.45, 7) is 0. The van der Waals surface area contributed by atoms with Crippen molar-refractivity contribution in [1.29, 1.82) is 0 Å². The van der Waals surface area contributed by atoms with Gasteiger partial charge in [0.2, 0.25) is 5.75 Å². The molecule has 3 aromatic rings. The van der Waals surface area contributed by atoms with E-state index in [0.29, 0.717) is 22.0 Å². The number of non-ortho nitro benzene ring substituents is 1. The van der Waals surface area contributed by atoms with Crippen LogP contribution in [0.4, 0.5) is 5.69 Å². The number of thiazole rings is 1. The number of phenols is 1. The van der Waals surface area contributed by atoms with Gasteiger partial charge in [-0.2, -0.15) is 0 Å². The van der Waals surface area contributed by atoms with Gasteiger partial charge in [-0.25, -0.2) is 4.98 Å². The number of hydrogen-bond donors (Lipinski definition) is 1. The molecule has 0 atom stereocenters. The minimum absolute atomic E-state index is 0.0151. The molecule has 0 radical (unpaired) electrons. The van der Waals surface area contributed by atoms with E-state index >= 15 is 0 Å². The topological polar surface area (TPSA) is 94.7 Å². The van der Waals surface area contributed by atoms with E-state index in [4.69, 9.17) is 9.47 Å². The molecule has 25 heavy (non-hydrogen) atoms. The molecule has 0 spiro atoms. The van der Waals surface area contributed by atoms with Crippen molar-refractivity contribution in [3.63, 3.8) is 0 Å². The molecule has 0 aliphatic carbocycles. The molecule has 128 valence electrons. The first-order valence-electron chi connectivity index (χ1n) is 7.20. The predicted molar refractivity (Wildman–Crippen MR) is 96.4 cm³/mol. The van der Waals surface area contributed by atoms with Gasteiger partial charge in [0, 0.05) is 12.1 Å². The Morgan fingerprint density at radius 2 is 1.84 bits per heavy atom. The third kappa shape index (κ3) is 3.38. The summed E-state index contributed by atoms with van der Waals surface area (Å²) in [6.07, 6.45) is 3.60. The van der Waals surface area contributed by atoms with E-state index < -0.39 is 4.92 Å². The van der Waals surface area contributed by atoms with Gasteiger partial charge in [0.05, 0.1) is 29.4 Å². The van der Waals surface area contributed by atoms with Crippen molar-refractivity contribution in [1.82, 2.24) is 4.98 Å². The van der Waals surface area contributed by atoms with Crippen LogP contribution in [-0.2, 0) is 0 Å². The van der Waals surface area contributed by atoms with E-state index in [-0.39, 0.29) is 11.4 Å². The van der Waals surface area contributed by atoms with Crippen LogP contribution in [0.2, 0.25) is 0 Å². The number of methoxy groups -OCH3 is 2. The van der Waals surface area contributed by atoms with E-state index in [1.54, 1.807) is 30.4 Å². The summed E-state index contributed by atoms with van der Waals surface area (Å²) in [7, 11) is 2.92. The summed E-state index contributed by atoms with van der Waals surface area (Å²) in [5.41, 5.74) is 1.36. The molecule has 2 aromatic carbocycles. The SMILES string of the molecule is COc1cc(C=Cc2nc3cc([N+](=O)[O-])ccc3s2)cc(OC)c1O. The van der Waals surface area contributed by atoms with E-state index in [2.05, 4.69) is 4.98 Å². The van der Waals surface area contributed by atoms with Gasteiger partial charge in [-0.15, -0.1) is 11.3 Å². The molecule has 0 aliphatic rings.